The van der Waals surface area contributed by atoms with Gasteiger partial charge in [-0.3, -0.25) is 0 Å². The number of benzene rings is 1. The zero-order valence-electron chi connectivity index (χ0n) is 13.4. The Kier molecular flexibility index (Phi) is 5.65. The molecule has 0 fully saturated rings. The van der Waals surface area contributed by atoms with Crippen LogP contribution in [0.2, 0.25) is 0 Å². The summed E-state index contributed by atoms with van der Waals surface area (Å²) in [7, 11) is -3.09. The average molecular weight is 337 g/mol. The third-order valence-electron chi connectivity index (χ3n) is 3.59. The highest BCUT2D eigenvalue weighted by Gasteiger charge is 2.15. The molecule has 0 aliphatic carbocycles. The van der Waals surface area contributed by atoms with Gasteiger partial charge >= 0.3 is 6.03 Å². The van der Waals surface area contributed by atoms with Gasteiger partial charge in [-0.1, -0.05) is 25.1 Å². The molecule has 6 nitrogen and oxygen atoms in total. The summed E-state index contributed by atoms with van der Waals surface area (Å²) in [4.78, 5) is 15.1. The fourth-order valence-electron chi connectivity index (χ4n) is 2.39. The maximum absolute atomic E-state index is 11.8. The molecule has 0 unspecified atom stereocenters. The lowest BCUT2D eigenvalue weighted by molar-refractivity contribution is 0.239. The number of nitrogens with one attached hydrogen (secondary N) is 3. The lowest BCUT2D eigenvalue weighted by Gasteiger charge is -2.14. The van der Waals surface area contributed by atoms with Gasteiger partial charge < -0.3 is 15.6 Å². The number of aromatic amines is 1. The second-order valence-electron chi connectivity index (χ2n) is 5.63. The number of sulfone groups is 1. The SMILES string of the molecule is CCS(=O)(=O)C[C@@H](C)NC(=O)NCCc1cc2ccccc2[nH]1. The molecule has 0 saturated carbocycles. The van der Waals surface area contributed by atoms with Crippen LogP contribution >= 0.6 is 0 Å². The van der Waals surface area contributed by atoms with Crippen LogP contribution in [0.15, 0.2) is 30.3 Å². The minimum absolute atomic E-state index is 0.0427. The molecule has 0 radical (unpaired) electrons. The number of H-pyrrole nitrogens is 1. The molecule has 1 atom stereocenters. The lowest BCUT2D eigenvalue weighted by atomic mass is 10.2. The number of fused-ring (bicyclic) bond motifs is 1. The van der Waals surface area contributed by atoms with Gasteiger partial charge in [0.1, 0.15) is 0 Å². The zero-order chi connectivity index (χ0) is 16.9. The van der Waals surface area contributed by atoms with Crippen molar-refractivity contribution in [2.45, 2.75) is 26.3 Å². The summed E-state index contributed by atoms with van der Waals surface area (Å²) in [5.74, 6) is 0.0416. The van der Waals surface area contributed by atoms with Crippen LogP contribution in [-0.4, -0.2) is 43.5 Å². The van der Waals surface area contributed by atoms with Crippen molar-refractivity contribution in [3.8, 4) is 0 Å². The molecule has 1 aromatic carbocycles. The minimum atomic E-state index is -3.09. The van der Waals surface area contributed by atoms with Crippen molar-refractivity contribution in [1.29, 1.82) is 0 Å². The molecule has 0 saturated heterocycles. The van der Waals surface area contributed by atoms with Gasteiger partial charge in [0.15, 0.2) is 9.84 Å². The van der Waals surface area contributed by atoms with Crippen LogP contribution < -0.4 is 10.6 Å². The van der Waals surface area contributed by atoms with E-state index in [-0.39, 0.29) is 17.5 Å². The fourth-order valence-corrected chi connectivity index (χ4v) is 3.47. The quantitative estimate of drug-likeness (QED) is 0.720. The largest absolute Gasteiger partial charge is 0.358 e. The Morgan fingerprint density at radius 3 is 2.74 bits per heavy atom. The van der Waals surface area contributed by atoms with Gasteiger partial charge in [0.2, 0.25) is 0 Å². The molecule has 2 amide bonds. The molecule has 0 bridgehead atoms. The van der Waals surface area contributed by atoms with Crippen LogP contribution in [0, 0.1) is 0 Å². The van der Waals surface area contributed by atoms with E-state index >= 15 is 0 Å². The molecule has 0 spiro atoms. The molecule has 1 aromatic heterocycles. The van der Waals surface area contributed by atoms with E-state index in [0.717, 1.165) is 16.6 Å². The zero-order valence-corrected chi connectivity index (χ0v) is 14.2. The Balaban J connectivity index is 1.76. The van der Waals surface area contributed by atoms with Crippen LogP contribution in [-0.2, 0) is 16.3 Å². The summed E-state index contributed by atoms with van der Waals surface area (Å²) in [6, 6.07) is 9.30. The van der Waals surface area contributed by atoms with Gasteiger partial charge in [-0.05, 0) is 24.4 Å². The number of carbonyl (C=O) groups excluding carboxylic acids is 1. The van der Waals surface area contributed by atoms with Gasteiger partial charge in [0.25, 0.3) is 0 Å². The summed E-state index contributed by atoms with van der Waals surface area (Å²) in [6.07, 6.45) is 0.684. The number of carbonyl (C=O) groups is 1. The number of amides is 2. The average Bonchev–Trinajstić information content (AvgIpc) is 2.89. The first-order chi connectivity index (χ1) is 10.9. The van der Waals surface area contributed by atoms with Crippen molar-refractivity contribution >= 4 is 26.8 Å². The minimum Gasteiger partial charge on any atom is -0.358 e. The highest BCUT2D eigenvalue weighted by Crippen LogP contribution is 2.14. The van der Waals surface area contributed by atoms with Crippen molar-refractivity contribution < 1.29 is 13.2 Å². The third kappa shape index (κ3) is 5.28. The maximum Gasteiger partial charge on any atom is 0.315 e. The number of urea groups is 1. The topological polar surface area (TPSA) is 91.1 Å². The smallest absolute Gasteiger partial charge is 0.315 e. The van der Waals surface area contributed by atoms with E-state index in [4.69, 9.17) is 0 Å². The molecular formula is C16H23N3O3S. The molecule has 0 aliphatic heterocycles. The number of hydrogen-bond donors (Lipinski definition) is 3. The Bertz CT molecular complexity index is 735. The fraction of sp³-hybridized carbons (Fsp3) is 0.438. The monoisotopic (exact) mass is 337 g/mol. The van der Waals surface area contributed by atoms with E-state index < -0.39 is 15.9 Å². The normalized spacial score (nSPS) is 13.0. The Labute approximate surface area is 136 Å². The van der Waals surface area contributed by atoms with Crippen LogP contribution in [0.25, 0.3) is 10.9 Å². The summed E-state index contributed by atoms with van der Waals surface area (Å²) in [6.45, 7) is 3.76. The van der Waals surface area contributed by atoms with Gasteiger partial charge in [0, 0.05) is 36.0 Å². The summed E-state index contributed by atoms with van der Waals surface area (Å²) in [5.41, 5.74) is 2.12. The first-order valence-corrected chi connectivity index (χ1v) is 9.53. The summed E-state index contributed by atoms with van der Waals surface area (Å²) in [5, 5.41) is 6.53. The van der Waals surface area contributed by atoms with E-state index in [1.165, 1.54) is 0 Å². The second-order valence-corrected chi connectivity index (χ2v) is 8.03. The van der Waals surface area contributed by atoms with Crippen molar-refractivity contribution in [3.05, 3.63) is 36.0 Å². The number of aromatic nitrogens is 1. The third-order valence-corrected chi connectivity index (χ3v) is 5.47. The van der Waals surface area contributed by atoms with Crippen molar-refractivity contribution in [2.75, 3.05) is 18.1 Å². The van der Waals surface area contributed by atoms with Crippen LogP contribution in [0.4, 0.5) is 4.79 Å². The standard InChI is InChI=1S/C16H23N3O3S/c1-3-23(21,22)11-12(2)18-16(20)17-9-8-14-10-13-6-4-5-7-15(13)19-14/h4-7,10,12,19H,3,8-9,11H2,1-2H3,(H2,17,18,20)/t12-/m1/s1. The van der Waals surface area contributed by atoms with Gasteiger partial charge in [-0.25, -0.2) is 13.2 Å². The Morgan fingerprint density at radius 2 is 2.04 bits per heavy atom. The van der Waals surface area contributed by atoms with Crippen LogP contribution in [0.1, 0.15) is 19.5 Å². The first-order valence-electron chi connectivity index (χ1n) is 7.71. The van der Waals surface area contributed by atoms with Crippen LogP contribution in [0.3, 0.4) is 0 Å². The van der Waals surface area contributed by atoms with E-state index in [1.807, 2.05) is 24.3 Å². The molecule has 1 heterocycles. The highest BCUT2D eigenvalue weighted by atomic mass is 32.2. The van der Waals surface area contributed by atoms with E-state index in [1.54, 1.807) is 13.8 Å². The Morgan fingerprint density at radius 1 is 1.30 bits per heavy atom. The first kappa shape index (κ1) is 17.3. The molecule has 23 heavy (non-hydrogen) atoms. The summed E-state index contributed by atoms with van der Waals surface area (Å²) < 4.78 is 23.0. The Hall–Kier alpha value is -2.02. The molecular weight excluding hydrogens is 314 g/mol. The van der Waals surface area contributed by atoms with Crippen molar-refractivity contribution in [3.63, 3.8) is 0 Å². The van der Waals surface area contributed by atoms with Crippen molar-refractivity contribution in [2.24, 2.45) is 0 Å². The van der Waals surface area contributed by atoms with Gasteiger partial charge in [0.05, 0.1) is 5.75 Å². The molecule has 2 rings (SSSR count). The number of hydrogen-bond acceptors (Lipinski definition) is 3. The highest BCUT2D eigenvalue weighted by molar-refractivity contribution is 7.91. The molecule has 0 aliphatic rings. The van der Waals surface area contributed by atoms with Gasteiger partial charge in [-0.15, -0.1) is 0 Å². The summed E-state index contributed by atoms with van der Waals surface area (Å²) >= 11 is 0. The number of para-hydroxylation sites is 1. The van der Waals surface area contributed by atoms with Crippen LogP contribution in [0.5, 0.6) is 0 Å². The molecule has 3 N–H and O–H groups in total. The molecule has 2 aromatic rings. The predicted molar refractivity (Wildman–Crippen MR) is 92.3 cm³/mol. The van der Waals surface area contributed by atoms with Gasteiger partial charge in [-0.2, -0.15) is 0 Å². The van der Waals surface area contributed by atoms with E-state index in [9.17, 15) is 13.2 Å². The van der Waals surface area contributed by atoms with E-state index in [2.05, 4.69) is 21.7 Å². The lowest BCUT2D eigenvalue weighted by Crippen LogP contribution is -2.44. The predicted octanol–water partition coefficient (Wildman–Crippen LogP) is 1.83. The number of rotatable bonds is 7. The second kappa shape index (κ2) is 7.50. The molecule has 7 heteroatoms. The molecule has 126 valence electrons. The van der Waals surface area contributed by atoms with E-state index in [0.29, 0.717) is 13.0 Å². The maximum atomic E-state index is 11.8. The van der Waals surface area contributed by atoms with Crippen molar-refractivity contribution in [1.82, 2.24) is 15.6 Å².